The molecule has 7 nitrogen and oxygen atoms in total. The van der Waals surface area contributed by atoms with E-state index in [2.05, 4.69) is 15.6 Å². The van der Waals surface area contributed by atoms with Gasteiger partial charge in [0, 0.05) is 47.2 Å². The summed E-state index contributed by atoms with van der Waals surface area (Å²) in [5.74, 6) is -1.05. The van der Waals surface area contributed by atoms with Gasteiger partial charge >= 0.3 is 12.0 Å². The maximum absolute atomic E-state index is 11.5. The maximum Gasteiger partial charge on any atom is 0.355 e. The monoisotopic (exact) mass is 333 g/mol. The van der Waals surface area contributed by atoms with Crippen molar-refractivity contribution in [3.8, 4) is 0 Å². The summed E-state index contributed by atoms with van der Waals surface area (Å²) in [6.07, 6.45) is 2.79. The summed E-state index contributed by atoms with van der Waals surface area (Å²) in [4.78, 5) is 26.1. The molecular formula is C12H19N3O4S2. The summed E-state index contributed by atoms with van der Waals surface area (Å²) in [5.41, 5.74) is 0.0287. The number of aromatic nitrogens is 1. The van der Waals surface area contributed by atoms with Crippen LogP contribution in [0.5, 0.6) is 0 Å². The second-order valence-corrected chi connectivity index (χ2v) is 7.21. The lowest BCUT2D eigenvalue weighted by atomic mass is 10.3. The van der Waals surface area contributed by atoms with Crippen LogP contribution >= 0.6 is 11.3 Å². The number of nitrogens with zero attached hydrogens (tertiary/aromatic N) is 1. The van der Waals surface area contributed by atoms with E-state index in [1.165, 1.54) is 16.7 Å². The molecule has 1 rings (SSSR count). The molecular weight excluding hydrogens is 314 g/mol. The third-order valence-electron chi connectivity index (χ3n) is 2.80. The zero-order valence-electron chi connectivity index (χ0n) is 11.9. The van der Waals surface area contributed by atoms with E-state index in [9.17, 15) is 13.8 Å². The molecule has 0 saturated heterocycles. The van der Waals surface area contributed by atoms with Crippen molar-refractivity contribution in [1.29, 1.82) is 0 Å². The smallest absolute Gasteiger partial charge is 0.355 e. The molecule has 1 aromatic rings. The average molecular weight is 333 g/mol. The van der Waals surface area contributed by atoms with Crippen molar-refractivity contribution in [2.75, 3.05) is 19.3 Å². The minimum Gasteiger partial charge on any atom is -0.476 e. The number of carboxylic acids is 1. The average Bonchev–Trinajstić information content (AvgIpc) is 2.87. The molecule has 0 aliphatic heterocycles. The largest absolute Gasteiger partial charge is 0.476 e. The standard InChI is InChI=1S/C12H19N3O4S2/c1-8(21(2)19)3-5-13-12(18)14-6-4-10-15-9(7-20-10)11(16)17/h7-8H,3-6H2,1-2H3,(H,16,17)(H2,13,14,18). The Hall–Kier alpha value is -1.48. The number of hydrogen-bond donors (Lipinski definition) is 3. The van der Waals surface area contributed by atoms with Crippen LogP contribution in [0.25, 0.3) is 0 Å². The van der Waals surface area contributed by atoms with Crippen molar-refractivity contribution in [3.63, 3.8) is 0 Å². The van der Waals surface area contributed by atoms with Crippen molar-refractivity contribution in [3.05, 3.63) is 16.1 Å². The maximum atomic E-state index is 11.5. The van der Waals surface area contributed by atoms with Crippen LogP contribution in [0.3, 0.4) is 0 Å². The Bertz CT molecular complexity index is 518. The van der Waals surface area contributed by atoms with Gasteiger partial charge in [0.25, 0.3) is 0 Å². The normalized spacial score (nSPS) is 13.4. The molecule has 2 amide bonds. The highest BCUT2D eigenvalue weighted by molar-refractivity contribution is 7.84. The molecule has 21 heavy (non-hydrogen) atoms. The SMILES string of the molecule is CC(CCNC(=O)NCCc1nc(C(=O)O)cs1)S(C)=O. The molecule has 2 atom stereocenters. The Morgan fingerprint density at radius 2 is 2.10 bits per heavy atom. The van der Waals surface area contributed by atoms with E-state index >= 15 is 0 Å². The molecule has 9 heteroatoms. The van der Waals surface area contributed by atoms with Gasteiger partial charge in [0.05, 0.1) is 5.01 Å². The number of amides is 2. The topological polar surface area (TPSA) is 108 Å². The first-order valence-electron chi connectivity index (χ1n) is 6.41. The summed E-state index contributed by atoms with van der Waals surface area (Å²) >= 11 is 1.26. The van der Waals surface area contributed by atoms with E-state index in [1.807, 2.05) is 6.92 Å². The fourth-order valence-electron chi connectivity index (χ4n) is 1.42. The zero-order chi connectivity index (χ0) is 15.8. The molecule has 0 fully saturated rings. The summed E-state index contributed by atoms with van der Waals surface area (Å²) in [5, 5.41) is 16.3. The van der Waals surface area contributed by atoms with E-state index in [-0.39, 0.29) is 17.0 Å². The summed E-state index contributed by atoms with van der Waals surface area (Å²) in [7, 11) is -0.883. The molecule has 0 aromatic carbocycles. The van der Waals surface area contributed by atoms with E-state index in [0.29, 0.717) is 30.9 Å². The van der Waals surface area contributed by atoms with E-state index in [1.54, 1.807) is 6.26 Å². The molecule has 3 N–H and O–H groups in total. The Labute approximate surface area is 129 Å². The number of carboxylic acid groups (broad SMARTS) is 1. The number of carbonyl (C=O) groups is 2. The minimum atomic E-state index is -1.05. The van der Waals surface area contributed by atoms with Gasteiger partial charge in [0.1, 0.15) is 0 Å². The quantitative estimate of drug-likeness (QED) is 0.653. The van der Waals surface area contributed by atoms with Gasteiger partial charge in [0.15, 0.2) is 5.69 Å². The van der Waals surface area contributed by atoms with Gasteiger partial charge < -0.3 is 15.7 Å². The van der Waals surface area contributed by atoms with Crippen molar-refractivity contribution in [1.82, 2.24) is 15.6 Å². The first-order chi connectivity index (χ1) is 9.90. The second-order valence-electron chi connectivity index (χ2n) is 4.46. The van der Waals surface area contributed by atoms with Crippen LogP contribution in [0.2, 0.25) is 0 Å². The fraction of sp³-hybridized carbons (Fsp3) is 0.583. The molecule has 0 aliphatic rings. The molecule has 0 bridgehead atoms. The van der Waals surface area contributed by atoms with Gasteiger partial charge in [-0.1, -0.05) is 6.92 Å². The molecule has 0 radical (unpaired) electrons. The van der Waals surface area contributed by atoms with Gasteiger partial charge in [-0.3, -0.25) is 4.21 Å². The Balaban J connectivity index is 2.18. The molecule has 1 heterocycles. The van der Waals surface area contributed by atoms with Crippen LogP contribution in [0.15, 0.2) is 5.38 Å². The molecule has 0 aliphatic carbocycles. The predicted octanol–water partition coefficient (Wildman–Crippen LogP) is 0.840. The molecule has 0 spiro atoms. The third kappa shape index (κ3) is 6.67. The highest BCUT2D eigenvalue weighted by Crippen LogP contribution is 2.09. The van der Waals surface area contributed by atoms with Crippen LogP contribution < -0.4 is 10.6 Å². The lowest BCUT2D eigenvalue weighted by Crippen LogP contribution is -2.38. The molecule has 2 unspecified atom stereocenters. The van der Waals surface area contributed by atoms with Crippen LogP contribution in [-0.2, 0) is 17.2 Å². The number of urea groups is 1. The molecule has 118 valence electrons. The second kappa shape index (κ2) is 8.73. The Kier molecular flexibility index (Phi) is 7.30. The van der Waals surface area contributed by atoms with Crippen LogP contribution in [0.1, 0.15) is 28.8 Å². The fourth-order valence-corrected chi connectivity index (χ4v) is 2.65. The number of thiazole rings is 1. The first-order valence-corrected chi connectivity index (χ1v) is 8.92. The lowest BCUT2D eigenvalue weighted by molar-refractivity contribution is 0.0691. The highest BCUT2D eigenvalue weighted by Gasteiger charge is 2.09. The van der Waals surface area contributed by atoms with Crippen molar-refractivity contribution in [2.45, 2.75) is 25.0 Å². The first kappa shape index (κ1) is 17.6. The van der Waals surface area contributed by atoms with E-state index < -0.39 is 16.8 Å². The van der Waals surface area contributed by atoms with E-state index in [4.69, 9.17) is 5.11 Å². The minimum absolute atomic E-state index is 0.0287. The van der Waals surface area contributed by atoms with Gasteiger partial charge in [-0.25, -0.2) is 14.6 Å². The number of hydrogen-bond acceptors (Lipinski definition) is 5. The number of nitrogens with one attached hydrogen (secondary N) is 2. The molecule has 0 saturated carbocycles. The number of carbonyl (C=O) groups excluding carboxylic acids is 1. The third-order valence-corrected chi connectivity index (χ3v) is 5.08. The van der Waals surface area contributed by atoms with Crippen LogP contribution in [0.4, 0.5) is 4.79 Å². The van der Waals surface area contributed by atoms with Gasteiger partial charge in [-0.05, 0) is 6.42 Å². The number of rotatable bonds is 8. The molecule has 1 aromatic heterocycles. The zero-order valence-corrected chi connectivity index (χ0v) is 13.6. The van der Waals surface area contributed by atoms with Crippen molar-refractivity contribution in [2.24, 2.45) is 0 Å². The van der Waals surface area contributed by atoms with Gasteiger partial charge in [-0.15, -0.1) is 11.3 Å². The summed E-state index contributed by atoms with van der Waals surface area (Å²) < 4.78 is 11.1. The van der Waals surface area contributed by atoms with Crippen LogP contribution in [0, 0.1) is 0 Å². The van der Waals surface area contributed by atoms with Crippen molar-refractivity contribution >= 4 is 34.1 Å². The Morgan fingerprint density at radius 1 is 1.43 bits per heavy atom. The Morgan fingerprint density at radius 3 is 2.67 bits per heavy atom. The number of aromatic carboxylic acids is 1. The van der Waals surface area contributed by atoms with E-state index in [0.717, 1.165) is 0 Å². The predicted molar refractivity (Wildman–Crippen MR) is 82.3 cm³/mol. The van der Waals surface area contributed by atoms with Crippen LogP contribution in [-0.4, -0.2) is 50.9 Å². The summed E-state index contributed by atoms with van der Waals surface area (Å²) in [6.45, 7) is 2.72. The lowest BCUT2D eigenvalue weighted by Gasteiger charge is -2.10. The van der Waals surface area contributed by atoms with Gasteiger partial charge in [0.2, 0.25) is 0 Å². The van der Waals surface area contributed by atoms with Gasteiger partial charge in [-0.2, -0.15) is 0 Å². The van der Waals surface area contributed by atoms with Crippen molar-refractivity contribution < 1.29 is 18.9 Å². The highest BCUT2D eigenvalue weighted by atomic mass is 32.2. The summed E-state index contributed by atoms with van der Waals surface area (Å²) in [6, 6.07) is -0.293.